The molecule has 0 spiro atoms. The Morgan fingerprint density at radius 2 is 1.91 bits per heavy atom. The summed E-state index contributed by atoms with van der Waals surface area (Å²) in [6, 6.07) is 12.7. The first-order chi connectivity index (χ1) is 10.8. The molecule has 3 heteroatoms. The number of aryl methyl sites for hydroxylation is 2. The van der Waals surface area contributed by atoms with E-state index in [1.165, 1.54) is 16.4 Å². The molecule has 124 valence electrons. The monoisotopic (exact) mass is 346 g/mol. The second kappa shape index (κ2) is 7.28. The summed E-state index contributed by atoms with van der Waals surface area (Å²) in [6.07, 6.45) is 0.983. The van der Waals surface area contributed by atoms with Crippen molar-refractivity contribution in [1.29, 1.82) is 0 Å². The molecule has 0 bridgehead atoms. The van der Waals surface area contributed by atoms with E-state index in [1.807, 2.05) is 19.1 Å². The minimum atomic E-state index is -0.0667. The van der Waals surface area contributed by atoms with Crippen LogP contribution in [0.4, 0.5) is 0 Å². The first-order valence-corrected chi connectivity index (χ1v) is 9.66. The predicted octanol–water partition coefficient (Wildman–Crippen LogP) is 5.63. The third-order valence-corrected chi connectivity index (χ3v) is 6.78. The molecule has 0 amide bonds. The highest BCUT2D eigenvalue weighted by atomic mass is 32.1. The fourth-order valence-corrected chi connectivity index (χ4v) is 4.93. The van der Waals surface area contributed by atoms with Crippen molar-refractivity contribution in [3.63, 3.8) is 0 Å². The highest BCUT2D eigenvalue weighted by Gasteiger charge is 2.29. The van der Waals surface area contributed by atoms with Gasteiger partial charge < -0.3 is 5.11 Å². The Labute approximate surface area is 147 Å². The van der Waals surface area contributed by atoms with Gasteiger partial charge in [0.2, 0.25) is 0 Å². The molecule has 3 unspecified atom stereocenters. The van der Waals surface area contributed by atoms with Crippen LogP contribution < -0.4 is 5.30 Å². The van der Waals surface area contributed by atoms with Crippen molar-refractivity contribution >= 4 is 26.5 Å². The number of benzene rings is 2. The van der Waals surface area contributed by atoms with Gasteiger partial charge in [-0.1, -0.05) is 64.4 Å². The third-order valence-electron chi connectivity index (χ3n) is 4.61. The van der Waals surface area contributed by atoms with Crippen molar-refractivity contribution in [3.05, 3.63) is 58.7 Å². The predicted molar refractivity (Wildman–Crippen MR) is 107 cm³/mol. The fourth-order valence-electron chi connectivity index (χ4n) is 2.89. The summed E-state index contributed by atoms with van der Waals surface area (Å²) in [7, 11) is 0.598. The van der Waals surface area contributed by atoms with E-state index in [2.05, 4.69) is 64.6 Å². The van der Waals surface area contributed by atoms with E-state index in [-0.39, 0.29) is 10.4 Å². The van der Waals surface area contributed by atoms with E-state index < -0.39 is 0 Å². The van der Waals surface area contributed by atoms with Crippen LogP contribution in [0.3, 0.4) is 0 Å². The summed E-state index contributed by atoms with van der Waals surface area (Å²) in [5.74, 6) is 0.442. The zero-order valence-corrected chi connectivity index (χ0v) is 16.5. The molecule has 23 heavy (non-hydrogen) atoms. The Morgan fingerprint density at radius 3 is 2.52 bits per heavy atom. The average Bonchev–Trinajstić information content (AvgIpc) is 2.51. The molecule has 0 aromatic heterocycles. The zero-order valence-electron chi connectivity index (χ0n) is 14.6. The molecule has 2 aromatic carbocycles. The molecule has 2 rings (SSSR count). The van der Waals surface area contributed by atoms with Crippen LogP contribution in [-0.2, 0) is 5.16 Å². The van der Waals surface area contributed by atoms with Gasteiger partial charge in [-0.05, 0) is 43.6 Å². The summed E-state index contributed by atoms with van der Waals surface area (Å²) >= 11 is 4.66. The lowest BCUT2D eigenvalue weighted by atomic mass is 9.94. The Balaban J connectivity index is 2.49. The van der Waals surface area contributed by atoms with Crippen molar-refractivity contribution in [1.82, 2.24) is 0 Å². The maximum atomic E-state index is 10.6. The topological polar surface area (TPSA) is 20.2 Å². The Hall–Kier alpha value is -0.980. The lowest BCUT2D eigenvalue weighted by Crippen LogP contribution is -2.20. The number of hydrogen-bond acceptors (Lipinski definition) is 2. The number of phenolic OH excluding ortho intramolecular Hbond substituents is 1. The molecule has 0 fully saturated rings. The molecule has 1 N–H and O–H groups in total. The van der Waals surface area contributed by atoms with Gasteiger partial charge >= 0.3 is 0 Å². The highest BCUT2D eigenvalue weighted by Crippen LogP contribution is 2.48. The lowest BCUT2D eigenvalue weighted by molar-refractivity contribution is 0.452. The molecule has 0 heterocycles. The van der Waals surface area contributed by atoms with E-state index in [0.717, 1.165) is 17.5 Å². The van der Waals surface area contributed by atoms with Gasteiger partial charge in [0.15, 0.2) is 0 Å². The molecular weight excluding hydrogens is 319 g/mol. The molecule has 0 saturated carbocycles. The summed E-state index contributed by atoms with van der Waals surface area (Å²) in [5.41, 5.74) is 4.57. The van der Waals surface area contributed by atoms with Crippen LogP contribution in [0.1, 0.15) is 54.7 Å². The maximum absolute atomic E-state index is 10.6. The van der Waals surface area contributed by atoms with Crippen LogP contribution in [-0.4, -0.2) is 5.11 Å². The smallest absolute Gasteiger partial charge is 0.122 e. The summed E-state index contributed by atoms with van der Waals surface area (Å²) in [4.78, 5) is 0. The van der Waals surface area contributed by atoms with Crippen molar-refractivity contribution in [3.8, 4) is 5.75 Å². The summed E-state index contributed by atoms with van der Waals surface area (Å²) in [6.45, 7) is 10.7. The average molecular weight is 346 g/mol. The molecule has 0 saturated heterocycles. The second-order valence-electron chi connectivity index (χ2n) is 6.55. The van der Waals surface area contributed by atoms with Gasteiger partial charge in [-0.3, -0.25) is 0 Å². The third kappa shape index (κ3) is 3.92. The van der Waals surface area contributed by atoms with Crippen LogP contribution in [0.15, 0.2) is 36.4 Å². The highest BCUT2D eigenvalue weighted by molar-refractivity contribution is 7.80. The van der Waals surface area contributed by atoms with Gasteiger partial charge in [0, 0.05) is 16.0 Å². The largest absolute Gasteiger partial charge is 0.507 e. The van der Waals surface area contributed by atoms with Crippen molar-refractivity contribution in [2.24, 2.45) is 0 Å². The molecule has 0 radical (unpaired) electrons. The van der Waals surface area contributed by atoms with Gasteiger partial charge in [-0.2, -0.15) is 12.6 Å². The number of hydrogen-bond donors (Lipinski definition) is 2. The SMILES string of the molecule is CCC(C)(Pc1ccc(C)cc1C(C)S)c1cccc(C)c1O. The molecule has 0 aliphatic carbocycles. The van der Waals surface area contributed by atoms with E-state index in [1.54, 1.807) is 0 Å². The fraction of sp³-hybridized carbons (Fsp3) is 0.400. The lowest BCUT2D eigenvalue weighted by Gasteiger charge is -2.31. The Kier molecular flexibility index (Phi) is 5.81. The van der Waals surface area contributed by atoms with Crippen molar-refractivity contribution < 1.29 is 5.11 Å². The van der Waals surface area contributed by atoms with Gasteiger partial charge in [0.25, 0.3) is 0 Å². The zero-order chi connectivity index (χ0) is 17.2. The van der Waals surface area contributed by atoms with Crippen LogP contribution in [0.5, 0.6) is 5.75 Å². The van der Waals surface area contributed by atoms with E-state index in [9.17, 15) is 5.11 Å². The summed E-state index contributed by atoms with van der Waals surface area (Å²) in [5, 5.41) is 12.1. The number of aromatic hydroxyl groups is 1. The number of thiol groups is 1. The van der Waals surface area contributed by atoms with Crippen molar-refractivity contribution in [2.75, 3.05) is 0 Å². The molecule has 1 nitrogen and oxygen atoms in total. The second-order valence-corrected chi connectivity index (χ2v) is 9.22. The molecule has 3 atom stereocenters. The van der Waals surface area contributed by atoms with Gasteiger partial charge in [-0.15, -0.1) is 0 Å². The first-order valence-electron chi connectivity index (χ1n) is 8.14. The van der Waals surface area contributed by atoms with Gasteiger partial charge in [0.05, 0.1) is 0 Å². The number of phenols is 1. The maximum Gasteiger partial charge on any atom is 0.122 e. The van der Waals surface area contributed by atoms with Crippen LogP contribution in [0, 0.1) is 13.8 Å². The standard InChI is InChI=1S/C20H27OPS/c1-6-20(5,17-9-7-8-14(3)19(17)21)22-18-11-10-13(2)12-16(18)15(4)23/h7-12,15,21-23H,6H2,1-5H3. The van der Waals surface area contributed by atoms with E-state index in [4.69, 9.17) is 0 Å². The quantitative estimate of drug-likeness (QED) is 0.531. The molecule has 0 aliphatic heterocycles. The molecule has 0 aliphatic rings. The number of para-hydroxylation sites is 1. The minimum Gasteiger partial charge on any atom is -0.507 e. The van der Waals surface area contributed by atoms with E-state index in [0.29, 0.717) is 14.3 Å². The number of rotatable bonds is 5. The molecule has 2 aromatic rings. The van der Waals surface area contributed by atoms with Crippen LogP contribution >= 0.6 is 21.2 Å². The Bertz CT molecular complexity index is 696. The van der Waals surface area contributed by atoms with Crippen LogP contribution in [0.25, 0.3) is 0 Å². The van der Waals surface area contributed by atoms with Gasteiger partial charge in [-0.25, -0.2) is 0 Å². The Morgan fingerprint density at radius 1 is 1.22 bits per heavy atom. The summed E-state index contributed by atoms with van der Waals surface area (Å²) < 4.78 is 0. The minimum absolute atomic E-state index is 0.0667. The van der Waals surface area contributed by atoms with Gasteiger partial charge in [0.1, 0.15) is 5.75 Å². The molecular formula is C20H27OPS. The normalized spacial score (nSPS) is 15.7. The first kappa shape index (κ1) is 18.4. The van der Waals surface area contributed by atoms with E-state index >= 15 is 0 Å². The van der Waals surface area contributed by atoms with Crippen LogP contribution in [0.2, 0.25) is 0 Å². The van der Waals surface area contributed by atoms with Crippen molar-refractivity contribution in [2.45, 2.75) is 51.4 Å².